The van der Waals surface area contributed by atoms with Gasteiger partial charge in [-0.2, -0.15) is 0 Å². The third-order valence-electron chi connectivity index (χ3n) is 3.20. The summed E-state index contributed by atoms with van der Waals surface area (Å²) >= 11 is 0. The van der Waals surface area contributed by atoms with E-state index in [2.05, 4.69) is 4.90 Å². The number of likely N-dealkylation sites (tertiary alicyclic amines) is 1. The van der Waals surface area contributed by atoms with Crippen LogP contribution in [0.15, 0.2) is 0 Å². The summed E-state index contributed by atoms with van der Waals surface area (Å²) in [5.41, 5.74) is 5.55. The Bertz CT molecular complexity index is 167. The van der Waals surface area contributed by atoms with Gasteiger partial charge in [-0.1, -0.05) is 0 Å². The SMILES string of the molecule is COCCOCCN1CCCC1CCCN. The molecule has 0 aromatic heterocycles. The van der Waals surface area contributed by atoms with Crippen LogP contribution in [0.1, 0.15) is 25.7 Å². The Morgan fingerprint density at radius 3 is 2.94 bits per heavy atom. The van der Waals surface area contributed by atoms with Crippen LogP contribution in [0.5, 0.6) is 0 Å². The highest BCUT2D eigenvalue weighted by Gasteiger charge is 2.22. The standard InChI is InChI=1S/C12H26N2O2/c1-15-10-11-16-9-8-14-7-3-5-12(14)4-2-6-13/h12H,2-11,13H2,1H3. The molecule has 0 aromatic rings. The summed E-state index contributed by atoms with van der Waals surface area (Å²) in [6.07, 6.45) is 5.05. The molecule has 96 valence electrons. The molecule has 2 N–H and O–H groups in total. The molecule has 0 saturated carbocycles. The fraction of sp³-hybridized carbons (Fsp3) is 1.00. The first-order valence-corrected chi connectivity index (χ1v) is 6.39. The first kappa shape index (κ1) is 13.9. The van der Waals surface area contributed by atoms with Crippen LogP contribution in [0.3, 0.4) is 0 Å². The van der Waals surface area contributed by atoms with Crippen LogP contribution in [0.25, 0.3) is 0 Å². The van der Waals surface area contributed by atoms with Gasteiger partial charge < -0.3 is 15.2 Å². The largest absolute Gasteiger partial charge is 0.382 e. The number of rotatable bonds is 9. The van der Waals surface area contributed by atoms with Crippen molar-refractivity contribution in [2.24, 2.45) is 5.73 Å². The zero-order valence-corrected chi connectivity index (χ0v) is 10.5. The van der Waals surface area contributed by atoms with E-state index in [9.17, 15) is 0 Å². The van der Waals surface area contributed by atoms with Crippen molar-refractivity contribution >= 4 is 0 Å². The van der Waals surface area contributed by atoms with Crippen LogP contribution in [-0.2, 0) is 9.47 Å². The van der Waals surface area contributed by atoms with E-state index in [4.69, 9.17) is 15.2 Å². The fourth-order valence-electron chi connectivity index (χ4n) is 2.30. The zero-order chi connectivity index (χ0) is 11.6. The molecule has 0 spiro atoms. The number of nitrogens with two attached hydrogens (primary N) is 1. The van der Waals surface area contributed by atoms with E-state index in [1.54, 1.807) is 7.11 Å². The van der Waals surface area contributed by atoms with Gasteiger partial charge in [-0.3, -0.25) is 4.90 Å². The normalized spacial score (nSPS) is 21.8. The number of methoxy groups -OCH3 is 1. The molecule has 0 amide bonds. The lowest BCUT2D eigenvalue weighted by Crippen LogP contribution is -2.33. The Balaban J connectivity index is 2.05. The Kier molecular flexibility index (Phi) is 7.76. The minimum atomic E-state index is 0.691. The van der Waals surface area contributed by atoms with Crippen molar-refractivity contribution in [3.63, 3.8) is 0 Å². The van der Waals surface area contributed by atoms with Gasteiger partial charge in [0, 0.05) is 19.7 Å². The van der Waals surface area contributed by atoms with E-state index in [1.807, 2.05) is 0 Å². The van der Waals surface area contributed by atoms with Crippen LogP contribution in [0.2, 0.25) is 0 Å². The monoisotopic (exact) mass is 230 g/mol. The molecule has 1 atom stereocenters. The molecule has 1 heterocycles. The van der Waals surface area contributed by atoms with Gasteiger partial charge >= 0.3 is 0 Å². The van der Waals surface area contributed by atoms with E-state index < -0.39 is 0 Å². The van der Waals surface area contributed by atoms with E-state index in [0.717, 1.165) is 32.2 Å². The third-order valence-corrected chi connectivity index (χ3v) is 3.20. The zero-order valence-electron chi connectivity index (χ0n) is 10.5. The highest BCUT2D eigenvalue weighted by Crippen LogP contribution is 2.20. The maximum absolute atomic E-state index is 5.55. The first-order valence-electron chi connectivity index (χ1n) is 6.39. The van der Waals surface area contributed by atoms with E-state index >= 15 is 0 Å². The van der Waals surface area contributed by atoms with Gasteiger partial charge in [-0.25, -0.2) is 0 Å². The number of hydrogen-bond acceptors (Lipinski definition) is 4. The molecule has 1 aliphatic rings. The second-order valence-corrected chi connectivity index (χ2v) is 4.37. The molecule has 4 heteroatoms. The molecule has 1 aliphatic heterocycles. The molecule has 1 fully saturated rings. The molecule has 4 nitrogen and oxygen atoms in total. The van der Waals surface area contributed by atoms with Gasteiger partial charge in [-0.15, -0.1) is 0 Å². The van der Waals surface area contributed by atoms with Crippen molar-refractivity contribution in [2.75, 3.05) is 46.6 Å². The van der Waals surface area contributed by atoms with Gasteiger partial charge in [0.2, 0.25) is 0 Å². The molecule has 16 heavy (non-hydrogen) atoms. The molecule has 0 radical (unpaired) electrons. The highest BCUT2D eigenvalue weighted by molar-refractivity contribution is 4.78. The second kappa shape index (κ2) is 8.93. The quantitative estimate of drug-likeness (QED) is 0.597. The van der Waals surface area contributed by atoms with Crippen molar-refractivity contribution in [2.45, 2.75) is 31.7 Å². The fourth-order valence-corrected chi connectivity index (χ4v) is 2.30. The van der Waals surface area contributed by atoms with Gasteiger partial charge in [0.15, 0.2) is 0 Å². The molecule has 1 unspecified atom stereocenters. The van der Waals surface area contributed by atoms with Gasteiger partial charge in [-0.05, 0) is 38.8 Å². The molecule has 0 aromatic carbocycles. The summed E-state index contributed by atoms with van der Waals surface area (Å²) < 4.78 is 10.4. The van der Waals surface area contributed by atoms with Crippen LogP contribution in [0, 0.1) is 0 Å². The van der Waals surface area contributed by atoms with E-state index in [0.29, 0.717) is 13.2 Å². The Hall–Kier alpha value is -0.160. The molecule has 0 aliphatic carbocycles. The number of ether oxygens (including phenoxy) is 2. The van der Waals surface area contributed by atoms with Crippen molar-refractivity contribution in [3.05, 3.63) is 0 Å². The summed E-state index contributed by atoms with van der Waals surface area (Å²) in [5, 5.41) is 0. The lowest BCUT2D eigenvalue weighted by Gasteiger charge is -2.24. The van der Waals surface area contributed by atoms with Gasteiger partial charge in [0.1, 0.15) is 0 Å². The molecule has 1 rings (SSSR count). The smallest absolute Gasteiger partial charge is 0.0700 e. The summed E-state index contributed by atoms with van der Waals surface area (Å²) in [6, 6.07) is 0.745. The minimum Gasteiger partial charge on any atom is -0.382 e. The predicted octanol–water partition coefficient (Wildman–Crippen LogP) is 0.853. The van der Waals surface area contributed by atoms with Crippen molar-refractivity contribution in [3.8, 4) is 0 Å². The lowest BCUT2D eigenvalue weighted by atomic mass is 10.1. The lowest BCUT2D eigenvalue weighted by molar-refractivity contribution is 0.0546. The summed E-state index contributed by atoms with van der Waals surface area (Å²) in [4.78, 5) is 2.54. The third kappa shape index (κ3) is 5.25. The Morgan fingerprint density at radius 1 is 1.31 bits per heavy atom. The average molecular weight is 230 g/mol. The van der Waals surface area contributed by atoms with Crippen LogP contribution in [0.4, 0.5) is 0 Å². The first-order chi connectivity index (χ1) is 7.88. The Labute approximate surface area is 99.1 Å². The summed E-state index contributed by atoms with van der Waals surface area (Å²) in [6.45, 7) is 5.31. The van der Waals surface area contributed by atoms with Crippen LogP contribution < -0.4 is 5.73 Å². The maximum atomic E-state index is 5.55. The molecule has 0 bridgehead atoms. The number of nitrogens with zero attached hydrogens (tertiary/aromatic N) is 1. The average Bonchev–Trinajstić information content (AvgIpc) is 2.74. The van der Waals surface area contributed by atoms with E-state index in [-0.39, 0.29) is 0 Å². The number of hydrogen-bond donors (Lipinski definition) is 1. The van der Waals surface area contributed by atoms with Crippen LogP contribution >= 0.6 is 0 Å². The summed E-state index contributed by atoms with van der Waals surface area (Å²) in [7, 11) is 1.70. The highest BCUT2D eigenvalue weighted by atomic mass is 16.5. The molecular formula is C12H26N2O2. The molecular weight excluding hydrogens is 204 g/mol. The second-order valence-electron chi connectivity index (χ2n) is 4.37. The van der Waals surface area contributed by atoms with Crippen molar-refractivity contribution < 1.29 is 9.47 Å². The minimum absolute atomic E-state index is 0.691. The van der Waals surface area contributed by atoms with Gasteiger partial charge in [0.05, 0.1) is 19.8 Å². The molecule has 1 saturated heterocycles. The Morgan fingerprint density at radius 2 is 2.19 bits per heavy atom. The van der Waals surface area contributed by atoms with Crippen molar-refractivity contribution in [1.82, 2.24) is 4.90 Å². The van der Waals surface area contributed by atoms with Gasteiger partial charge in [0.25, 0.3) is 0 Å². The van der Waals surface area contributed by atoms with Crippen molar-refractivity contribution in [1.29, 1.82) is 0 Å². The maximum Gasteiger partial charge on any atom is 0.0700 e. The predicted molar refractivity (Wildman–Crippen MR) is 65.6 cm³/mol. The van der Waals surface area contributed by atoms with E-state index in [1.165, 1.54) is 25.8 Å². The summed E-state index contributed by atoms with van der Waals surface area (Å²) in [5.74, 6) is 0. The van der Waals surface area contributed by atoms with Crippen LogP contribution in [-0.4, -0.2) is 57.5 Å². The topological polar surface area (TPSA) is 47.7 Å².